The quantitative estimate of drug-likeness (QED) is 0.757. The average Bonchev–Trinajstić information content (AvgIpc) is 2.97. The van der Waals surface area contributed by atoms with Crippen LogP contribution in [-0.2, 0) is 11.2 Å². The highest BCUT2D eigenvalue weighted by molar-refractivity contribution is 5.79. The fraction of sp³-hybridized carbons (Fsp3) is 0.667. The minimum Gasteiger partial charge on any atom is -0.493 e. The van der Waals surface area contributed by atoms with Crippen molar-refractivity contribution in [2.75, 3.05) is 40.4 Å². The lowest BCUT2D eigenvalue weighted by molar-refractivity contribution is -0.132. The summed E-state index contributed by atoms with van der Waals surface area (Å²) >= 11 is 0. The summed E-state index contributed by atoms with van der Waals surface area (Å²) in [4.78, 5) is 17.3. The Kier molecular flexibility index (Phi) is 6.78. The van der Waals surface area contributed by atoms with E-state index in [4.69, 9.17) is 9.47 Å². The SMILES string of the molecule is COc1ccc(CC(=O)N2CCN(C3CCCCCC3)CC2)cc1OC. The van der Waals surface area contributed by atoms with Crippen molar-refractivity contribution in [1.82, 2.24) is 9.80 Å². The summed E-state index contributed by atoms with van der Waals surface area (Å²) in [7, 11) is 3.24. The van der Waals surface area contributed by atoms with Gasteiger partial charge in [0.15, 0.2) is 11.5 Å². The minimum absolute atomic E-state index is 0.206. The molecule has 2 fully saturated rings. The van der Waals surface area contributed by atoms with Crippen LogP contribution in [0, 0.1) is 0 Å². The maximum atomic E-state index is 12.7. The predicted molar refractivity (Wildman–Crippen MR) is 103 cm³/mol. The van der Waals surface area contributed by atoms with E-state index in [0.717, 1.165) is 37.8 Å². The van der Waals surface area contributed by atoms with Crippen LogP contribution >= 0.6 is 0 Å². The molecule has 0 N–H and O–H groups in total. The first-order chi connectivity index (χ1) is 12.7. The van der Waals surface area contributed by atoms with Crippen LogP contribution in [0.25, 0.3) is 0 Å². The number of carbonyl (C=O) groups excluding carboxylic acids is 1. The summed E-state index contributed by atoms with van der Waals surface area (Å²) in [6.07, 6.45) is 8.59. The molecule has 144 valence electrons. The molecule has 1 saturated carbocycles. The Morgan fingerprint density at radius 3 is 2.23 bits per heavy atom. The zero-order chi connectivity index (χ0) is 18.4. The Bertz CT molecular complexity index is 589. The van der Waals surface area contributed by atoms with E-state index in [-0.39, 0.29) is 5.91 Å². The minimum atomic E-state index is 0.206. The largest absolute Gasteiger partial charge is 0.493 e. The van der Waals surface area contributed by atoms with Crippen LogP contribution in [0.3, 0.4) is 0 Å². The summed E-state index contributed by atoms with van der Waals surface area (Å²) in [6, 6.07) is 6.45. The second-order valence-corrected chi connectivity index (χ2v) is 7.43. The van der Waals surface area contributed by atoms with Crippen molar-refractivity contribution in [1.29, 1.82) is 0 Å². The molecule has 5 heteroatoms. The smallest absolute Gasteiger partial charge is 0.227 e. The first kappa shape index (κ1) is 19.0. The third-order valence-corrected chi connectivity index (χ3v) is 5.81. The molecule has 0 atom stereocenters. The van der Waals surface area contributed by atoms with Gasteiger partial charge in [-0.2, -0.15) is 0 Å². The third-order valence-electron chi connectivity index (χ3n) is 5.81. The number of benzene rings is 1. The lowest BCUT2D eigenvalue weighted by Crippen LogP contribution is -2.52. The van der Waals surface area contributed by atoms with Gasteiger partial charge < -0.3 is 14.4 Å². The van der Waals surface area contributed by atoms with Crippen LogP contribution in [-0.4, -0.2) is 62.1 Å². The second-order valence-electron chi connectivity index (χ2n) is 7.43. The van der Waals surface area contributed by atoms with Crippen LogP contribution in [0.5, 0.6) is 11.5 Å². The molecule has 1 aromatic rings. The van der Waals surface area contributed by atoms with Crippen LogP contribution in [0.2, 0.25) is 0 Å². The second kappa shape index (κ2) is 9.26. The highest BCUT2D eigenvalue weighted by Gasteiger charge is 2.26. The predicted octanol–water partition coefficient (Wildman–Crippen LogP) is 3.11. The van der Waals surface area contributed by atoms with Gasteiger partial charge in [-0.1, -0.05) is 31.7 Å². The van der Waals surface area contributed by atoms with Crippen molar-refractivity contribution in [3.05, 3.63) is 23.8 Å². The van der Waals surface area contributed by atoms with Gasteiger partial charge in [0.1, 0.15) is 0 Å². The van der Waals surface area contributed by atoms with Gasteiger partial charge in [-0.15, -0.1) is 0 Å². The Balaban J connectivity index is 1.52. The molecule has 1 aliphatic heterocycles. The lowest BCUT2D eigenvalue weighted by Gasteiger charge is -2.39. The van der Waals surface area contributed by atoms with Gasteiger partial charge >= 0.3 is 0 Å². The van der Waals surface area contributed by atoms with Gasteiger partial charge in [0.2, 0.25) is 5.91 Å². The van der Waals surface area contributed by atoms with E-state index >= 15 is 0 Å². The van der Waals surface area contributed by atoms with E-state index in [1.54, 1.807) is 14.2 Å². The molecule has 0 spiro atoms. The number of piperazine rings is 1. The first-order valence-corrected chi connectivity index (χ1v) is 9.94. The Morgan fingerprint density at radius 2 is 1.62 bits per heavy atom. The van der Waals surface area contributed by atoms with Gasteiger partial charge in [0, 0.05) is 32.2 Å². The molecule has 1 aromatic carbocycles. The van der Waals surface area contributed by atoms with Crippen molar-refractivity contribution >= 4 is 5.91 Å². The molecule has 0 bridgehead atoms. The molecule has 0 radical (unpaired) electrons. The molecule has 1 amide bonds. The number of ether oxygens (including phenoxy) is 2. The third kappa shape index (κ3) is 4.70. The zero-order valence-corrected chi connectivity index (χ0v) is 16.2. The number of hydrogen-bond donors (Lipinski definition) is 0. The maximum absolute atomic E-state index is 12.7. The number of methoxy groups -OCH3 is 2. The highest BCUT2D eigenvalue weighted by Crippen LogP contribution is 2.28. The zero-order valence-electron chi connectivity index (χ0n) is 16.2. The average molecular weight is 360 g/mol. The molecular formula is C21H32N2O3. The molecule has 0 aromatic heterocycles. The summed E-state index contributed by atoms with van der Waals surface area (Å²) in [5.74, 6) is 1.58. The van der Waals surface area contributed by atoms with E-state index < -0.39 is 0 Å². The van der Waals surface area contributed by atoms with E-state index in [2.05, 4.69) is 4.90 Å². The van der Waals surface area contributed by atoms with Crippen LogP contribution in [0.1, 0.15) is 44.1 Å². The molecule has 1 aliphatic carbocycles. The summed E-state index contributed by atoms with van der Waals surface area (Å²) in [5, 5.41) is 0. The number of rotatable bonds is 5. The Labute approximate surface area is 157 Å². The van der Waals surface area contributed by atoms with E-state index in [9.17, 15) is 4.79 Å². The van der Waals surface area contributed by atoms with Gasteiger partial charge in [-0.05, 0) is 30.5 Å². The van der Waals surface area contributed by atoms with Crippen molar-refractivity contribution in [3.63, 3.8) is 0 Å². The Hall–Kier alpha value is -1.75. The molecule has 3 rings (SSSR count). The fourth-order valence-corrected chi connectivity index (χ4v) is 4.24. The summed E-state index contributed by atoms with van der Waals surface area (Å²) in [6.45, 7) is 3.73. The number of amides is 1. The van der Waals surface area contributed by atoms with Crippen LogP contribution in [0.4, 0.5) is 0 Å². The van der Waals surface area contributed by atoms with Gasteiger partial charge in [0.05, 0.1) is 20.6 Å². The van der Waals surface area contributed by atoms with Crippen molar-refractivity contribution in [2.24, 2.45) is 0 Å². The van der Waals surface area contributed by atoms with Gasteiger partial charge in [-0.25, -0.2) is 0 Å². The normalized spacial score (nSPS) is 19.8. The van der Waals surface area contributed by atoms with E-state index in [0.29, 0.717) is 17.9 Å². The molecule has 1 saturated heterocycles. The lowest BCUT2D eigenvalue weighted by atomic mass is 10.1. The maximum Gasteiger partial charge on any atom is 0.227 e. The summed E-state index contributed by atoms with van der Waals surface area (Å²) < 4.78 is 10.6. The van der Waals surface area contributed by atoms with Crippen molar-refractivity contribution in [3.8, 4) is 11.5 Å². The van der Waals surface area contributed by atoms with Gasteiger partial charge in [0.25, 0.3) is 0 Å². The van der Waals surface area contributed by atoms with Crippen LogP contribution in [0.15, 0.2) is 18.2 Å². The van der Waals surface area contributed by atoms with Gasteiger partial charge in [-0.3, -0.25) is 9.69 Å². The first-order valence-electron chi connectivity index (χ1n) is 9.94. The van der Waals surface area contributed by atoms with Crippen molar-refractivity contribution < 1.29 is 14.3 Å². The molecule has 26 heavy (non-hydrogen) atoms. The molecule has 1 heterocycles. The molecular weight excluding hydrogens is 328 g/mol. The van der Waals surface area contributed by atoms with Crippen LogP contribution < -0.4 is 9.47 Å². The fourth-order valence-electron chi connectivity index (χ4n) is 4.24. The monoisotopic (exact) mass is 360 g/mol. The Morgan fingerprint density at radius 1 is 0.962 bits per heavy atom. The number of nitrogens with zero attached hydrogens (tertiary/aromatic N) is 2. The number of hydrogen-bond acceptors (Lipinski definition) is 4. The molecule has 5 nitrogen and oxygen atoms in total. The standard InChI is InChI=1S/C21H32N2O3/c1-25-19-10-9-17(15-20(19)26-2)16-21(24)23-13-11-22(12-14-23)18-7-5-3-4-6-8-18/h9-10,15,18H,3-8,11-14,16H2,1-2H3. The topological polar surface area (TPSA) is 42.0 Å². The number of carbonyl (C=O) groups is 1. The highest BCUT2D eigenvalue weighted by atomic mass is 16.5. The van der Waals surface area contributed by atoms with E-state index in [1.165, 1.54) is 38.5 Å². The molecule has 0 unspecified atom stereocenters. The summed E-state index contributed by atoms with van der Waals surface area (Å²) in [5.41, 5.74) is 0.971. The van der Waals surface area contributed by atoms with Crippen molar-refractivity contribution in [2.45, 2.75) is 51.0 Å². The molecule has 2 aliphatic rings. The van der Waals surface area contributed by atoms with E-state index in [1.807, 2.05) is 23.1 Å².